The molecular formula is C17H29BrN2. The molecule has 0 saturated carbocycles. The Morgan fingerprint density at radius 2 is 1.95 bits per heavy atom. The highest BCUT2D eigenvalue weighted by Crippen LogP contribution is 2.26. The third-order valence-corrected chi connectivity index (χ3v) is 4.76. The van der Waals surface area contributed by atoms with Gasteiger partial charge in [-0.05, 0) is 50.9 Å². The van der Waals surface area contributed by atoms with Gasteiger partial charge in [-0.3, -0.25) is 4.90 Å². The van der Waals surface area contributed by atoms with Crippen molar-refractivity contribution in [2.75, 3.05) is 13.1 Å². The minimum Gasteiger partial charge on any atom is -0.329 e. The van der Waals surface area contributed by atoms with Crippen molar-refractivity contribution in [1.29, 1.82) is 0 Å². The first kappa shape index (κ1) is 17.7. The lowest BCUT2D eigenvalue weighted by Gasteiger charge is -2.35. The Labute approximate surface area is 132 Å². The maximum absolute atomic E-state index is 6.08. The predicted octanol–water partition coefficient (Wildman–Crippen LogP) is 4.66. The maximum Gasteiger partial charge on any atom is 0.0473 e. The average molecular weight is 341 g/mol. The van der Waals surface area contributed by atoms with Crippen molar-refractivity contribution < 1.29 is 0 Å². The lowest BCUT2D eigenvalue weighted by Crippen LogP contribution is -2.39. The summed E-state index contributed by atoms with van der Waals surface area (Å²) in [4.78, 5) is 2.54. The minimum absolute atomic E-state index is 0.318. The van der Waals surface area contributed by atoms with Gasteiger partial charge in [-0.25, -0.2) is 0 Å². The summed E-state index contributed by atoms with van der Waals surface area (Å²) in [5, 5.41) is 0. The van der Waals surface area contributed by atoms with Crippen LogP contribution < -0.4 is 5.73 Å². The standard InChI is InChI=1S/C17H29BrN2/c1-5-6-7-10-20(13(2)3)17(12-19)15-8-9-16(18)14(4)11-15/h8-9,11,13,17H,5-7,10,12,19H2,1-4H3. The molecule has 114 valence electrons. The predicted molar refractivity (Wildman–Crippen MR) is 92.0 cm³/mol. The first-order valence-electron chi connectivity index (χ1n) is 7.73. The van der Waals surface area contributed by atoms with Gasteiger partial charge in [0.25, 0.3) is 0 Å². The lowest BCUT2D eigenvalue weighted by molar-refractivity contribution is 0.154. The first-order chi connectivity index (χ1) is 9.51. The number of hydrogen-bond donors (Lipinski definition) is 1. The molecule has 0 aliphatic heterocycles. The third-order valence-electron chi connectivity index (χ3n) is 3.87. The van der Waals surface area contributed by atoms with E-state index in [9.17, 15) is 0 Å². The van der Waals surface area contributed by atoms with Crippen molar-refractivity contribution >= 4 is 15.9 Å². The van der Waals surface area contributed by atoms with Gasteiger partial charge in [-0.15, -0.1) is 0 Å². The zero-order chi connectivity index (χ0) is 15.1. The fourth-order valence-electron chi connectivity index (χ4n) is 2.66. The van der Waals surface area contributed by atoms with Crippen LogP contribution in [0.3, 0.4) is 0 Å². The van der Waals surface area contributed by atoms with Crippen LogP contribution in [0.2, 0.25) is 0 Å². The highest BCUT2D eigenvalue weighted by molar-refractivity contribution is 9.10. The lowest BCUT2D eigenvalue weighted by atomic mass is 10.0. The molecule has 1 aromatic rings. The Morgan fingerprint density at radius 1 is 1.25 bits per heavy atom. The highest BCUT2D eigenvalue weighted by atomic mass is 79.9. The molecule has 0 aliphatic rings. The smallest absolute Gasteiger partial charge is 0.0473 e. The van der Waals surface area contributed by atoms with Crippen molar-refractivity contribution in [2.45, 2.75) is 59.0 Å². The van der Waals surface area contributed by atoms with Crippen molar-refractivity contribution in [3.63, 3.8) is 0 Å². The Hall–Kier alpha value is -0.380. The van der Waals surface area contributed by atoms with Crippen molar-refractivity contribution in [2.24, 2.45) is 5.73 Å². The van der Waals surface area contributed by atoms with E-state index in [1.165, 1.54) is 34.9 Å². The van der Waals surface area contributed by atoms with Crippen LogP contribution in [0.15, 0.2) is 22.7 Å². The third kappa shape index (κ3) is 4.87. The largest absolute Gasteiger partial charge is 0.329 e. The zero-order valence-corrected chi connectivity index (χ0v) is 14.9. The Morgan fingerprint density at radius 3 is 2.45 bits per heavy atom. The fraction of sp³-hybridized carbons (Fsp3) is 0.647. The summed E-state index contributed by atoms with van der Waals surface area (Å²) in [6.45, 7) is 10.7. The van der Waals surface area contributed by atoms with Gasteiger partial charge in [0, 0.05) is 23.1 Å². The van der Waals surface area contributed by atoms with E-state index in [-0.39, 0.29) is 0 Å². The normalized spacial score (nSPS) is 13.2. The van der Waals surface area contributed by atoms with Gasteiger partial charge in [-0.1, -0.05) is 47.8 Å². The summed E-state index contributed by atoms with van der Waals surface area (Å²) in [6, 6.07) is 7.43. The van der Waals surface area contributed by atoms with Gasteiger partial charge >= 0.3 is 0 Å². The van der Waals surface area contributed by atoms with Crippen LogP contribution in [0, 0.1) is 6.92 Å². The van der Waals surface area contributed by atoms with Crippen LogP contribution in [0.1, 0.15) is 57.2 Å². The molecule has 0 radical (unpaired) electrons. The van der Waals surface area contributed by atoms with Gasteiger partial charge in [0.2, 0.25) is 0 Å². The number of unbranched alkanes of at least 4 members (excludes halogenated alkanes) is 2. The number of aryl methyl sites for hydroxylation is 1. The van der Waals surface area contributed by atoms with Gasteiger partial charge in [0.15, 0.2) is 0 Å². The molecule has 1 unspecified atom stereocenters. The van der Waals surface area contributed by atoms with Crippen LogP contribution in [-0.2, 0) is 0 Å². The van der Waals surface area contributed by atoms with Crippen LogP contribution in [0.4, 0.5) is 0 Å². The van der Waals surface area contributed by atoms with Crippen LogP contribution in [0.25, 0.3) is 0 Å². The number of hydrogen-bond acceptors (Lipinski definition) is 2. The number of nitrogens with zero attached hydrogens (tertiary/aromatic N) is 1. The zero-order valence-electron chi connectivity index (χ0n) is 13.3. The van der Waals surface area contributed by atoms with E-state index in [2.05, 4.69) is 66.7 Å². The van der Waals surface area contributed by atoms with Crippen LogP contribution >= 0.6 is 15.9 Å². The average Bonchev–Trinajstić information content (AvgIpc) is 2.41. The van der Waals surface area contributed by atoms with Gasteiger partial charge < -0.3 is 5.73 Å². The second kappa shape index (κ2) is 8.81. The molecule has 1 atom stereocenters. The molecule has 3 heteroatoms. The number of halogens is 1. The summed E-state index contributed by atoms with van der Waals surface area (Å²) >= 11 is 3.57. The van der Waals surface area contributed by atoms with E-state index >= 15 is 0 Å². The molecule has 0 amide bonds. The Kier molecular flexibility index (Phi) is 7.78. The SMILES string of the molecule is CCCCCN(C(C)C)C(CN)c1ccc(Br)c(C)c1. The summed E-state index contributed by atoms with van der Waals surface area (Å²) in [5.41, 5.74) is 8.69. The van der Waals surface area contributed by atoms with Crippen molar-refractivity contribution in [3.05, 3.63) is 33.8 Å². The molecule has 0 fully saturated rings. The molecular weight excluding hydrogens is 312 g/mol. The van der Waals surface area contributed by atoms with E-state index in [0.717, 1.165) is 6.54 Å². The minimum atomic E-state index is 0.318. The first-order valence-corrected chi connectivity index (χ1v) is 8.52. The molecule has 0 aromatic heterocycles. The Balaban J connectivity index is 2.91. The quantitative estimate of drug-likeness (QED) is 0.697. The second-order valence-corrected chi connectivity index (χ2v) is 6.65. The maximum atomic E-state index is 6.08. The van der Waals surface area contributed by atoms with E-state index in [1.807, 2.05) is 0 Å². The summed E-state index contributed by atoms with van der Waals surface area (Å²) < 4.78 is 1.17. The number of nitrogens with two attached hydrogens (primary N) is 1. The molecule has 2 nitrogen and oxygen atoms in total. The molecule has 20 heavy (non-hydrogen) atoms. The molecule has 0 aliphatic carbocycles. The van der Waals surface area contributed by atoms with Crippen molar-refractivity contribution in [3.8, 4) is 0 Å². The highest BCUT2D eigenvalue weighted by Gasteiger charge is 2.21. The van der Waals surface area contributed by atoms with Gasteiger partial charge in [0.05, 0.1) is 0 Å². The van der Waals surface area contributed by atoms with Crippen LogP contribution in [-0.4, -0.2) is 24.0 Å². The van der Waals surface area contributed by atoms with E-state index in [4.69, 9.17) is 5.73 Å². The summed E-state index contributed by atoms with van der Waals surface area (Å²) in [7, 11) is 0. The topological polar surface area (TPSA) is 29.3 Å². The summed E-state index contributed by atoms with van der Waals surface area (Å²) in [5.74, 6) is 0. The monoisotopic (exact) mass is 340 g/mol. The molecule has 1 rings (SSSR count). The molecule has 2 N–H and O–H groups in total. The number of benzene rings is 1. The van der Waals surface area contributed by atoms with E-state index in [0.29, 0.717) is 18.6 Å². The molecule has 0 bridgehead atoms. The fourth-order valence-corrected chi connectivity index (χ4v) is 2.90. The van der Waals surface area contributed by atoms with Gasteiger partial charge in [0.1, 0.15) is 0 Å². The number of rotatable bonds is 8. The van der Waals surface area contributed by atoms with Gasteiger partial charge in [-0.2, -0.15) is 0 Å². The molecule has 0 heterocycles. The Bertz CT molecular complexity index is 404. The van der Waals surface area contributed by atoms with E-state index < -0.39 is 0 Å². The van der Waals surface area contributed by atoms with Crippen molar-refractivity contribution in [1.82, 2.24) is 4.90 Å². The molecule has 1 aromatic carbocycles. The molecule has 0 spiro atoms. The van der Waals surface area contributed by atoms with Crippen LogP contribution in [0.5, 0.6) is 0 Å². The second-order valence-electron chi connectivity index (χ2n) is 5.80. The molecule has 0 saturated heterocycles. The van der Waals surface area contributed by atoms with E-state index in [1.54, 1.807) is 0 Å². The summed E-state index contributed by atoms with van der Waals surface area (Å²) in [6.07, 6.45) is 3.80.